The van der Waals surface area contributed by atoms with Crippen molar-refractivity contribution in [2.75, 3.05) is 139 Å². The second-order valence-electron chi connectivity index (χ2n) is 26.2. The maximum Gasteiger partial charge on any atom is 1.00 e. The average Bonchev–Trinajstić information content (AvgIpc) is 0.758. The number of amides is 6. The summed E-state index contributed by atoms with van der Waals surface area (Å²) >= 11 is 2.81. The number of ether oxygens (including phenoxy) is 8. The first kappa shape index (κ1) is 94.3. The zero-order valence-corrected chi connectivity index (χ0v) is 66.9. The van der Waals surface area contributed by atoms with E-state index in [4.69, 9.17) is 37.9 Å². The predicted molar refractivity (Wildman–Crippen MR) is 412 cm³/mol. The number of hydrogen-bond donors (Lipinski definition) is 16. The maximum absolute atomic E-state index is 13.0. The van der Waals surface area contributed by atoms with Crippen LogP contribution in [0.3, 0.4) is 0 Å². The second-order valence-corrected chi connectivity index (χ2v) is 28.7. The summed E-state index contributed by atoms with van der Waals surface area (Å²) in [5, 5.41) is 109. The molecule has 5 aromatic carbocycles. The number of anilines is 2. The molecule has 0 aromatic heterocycles. The average molecular weight is 1630 g/mol. The second kappa shape index (κ2) is 49.4. The molecule has 16 N–H and O–H groups in total. The SMILES string of the molecule is CC(=O)N[C@@H]1[C@@H](O)C[C@](OCCCSCCC(=O)NCCOCCOCCNc2c(NCCOCCOCCNC(=O)CCSCCCO[C@]3(C(=O)O)C[C@H](O)[C@@H](NC(C)=O)[C@H](C(O)[C@H](O)CNC(=O)c4ccc(-c5ccccc5)cc4)O3)c(=O)c2=O)(C(=O)O)O[C@H]1C(O)[C@H](O)CNC(=O)c1ccc(-c2ccccc2)cc1.[Na+]. The van der Waals surface area contributed by atoms with Crippen molar-refractivity contribution in [2.24, 2.45) is 0 Å². The molecule has 2 saturated heterocycles. The standard InChI is InChI=1S/C76H102N8O26S2.Na/c1-47(85)83-61-55(87)43-75(73(99)100,109-69(61)65(93)57(89)45-81-71(97)53-19-15-51(16-20-53)49-11-5-3-6-12-49)107-29-9-39-111-41-23-59(91)77-25-31-103-35-37-105-33-27-79-63-64(68(96)67(63)95)80-28-34-106-38-36-104-32-26-78-60(92)24-42-112-40-10-30-108-76(74(101)102)44-56(88)62(84-48(2)86)70(110-76)66(94)58(90)46-82-72(98)54-21-17-52(18-22-54)50-13-7-4-8-14-50;/h3-8,11-22,55-58,61-62,65-66,69-70,79-80,87-90,93-94H,9-10,23-46H2,1-2H3,(H,77,91)(H,78,92)(H,81,97)(H,82,98)(H,83,85)(H,84,86)(H,99,100)(H,101,102);/q;+1/t55-,56-,57+,58+,61+,62+,65?,66?,69+,70+,75+,76+;/m0./s1. The van der Waals surface area contributed by atoms with E-state index < -0.39 is 145 Å². The molecule has 2 unspecified atom stereocenters. The van der Waals surface area contributed by atoms with E-state index >= 15 is 0 Å². The molecule has 6 amide bonds. The Bertz CT molecular complexity index is 3610. The van der Waals surface area contributed by atoms with Gasteiger partial charge in [-0.2, -0.15) is 23.5 Å². The fourth-order valence-electron chi connectivity index (χ4n) is 12.0. The largest absolute Gasteiger partial charge is 1.00 e. The van der Waals surface area contributed by atoms with E-state index in [2.05, 4.69) is 42.5 Å². The van der Waals surface area contributed by atoms with Crippen molar-refractivity contribution < 1.29 is 147 Å². The molecular weight excluding hydrogens is 1530 g/mol. The van der Waals surface area contributed by atoms with Gasteiger partial charge in [0, 0.05) is 101 Å². The number of carbonyl (C=O) groups is 8. The smallest absolute Gasteiger partial charge is 0.477 e. The Balaban J connectivity index is 0.0000199. The minimum atomic E-state index is -2.48. The summed E-state index contributed by atoms with van der Waals surface area (Å²) < 4.78 is 45.3. The molecule has 34 nitrogen and oxygen atoms in total. The third-order valence-corrected chi connectivity index (χ3v) is 20.0. The summed E-state index contributed by atoms with van der Waals surface area (Å²) in [6.07, 6.45) is -14.3. The Hall–Kier alpha value is -7.54. The van der Waals surface area contributed by atoms with Crippen LogP contribution in [0.15, 0.2) is 119 Å². The van der Waals surface area contributed by atoms with Gasteiger partial charge < -0.3 is 121 Å². The number of rotatable bonds is 52. The number of aliphatic hydroxyl groups excluding tert-OH is 6. The number of carboxylic acid groups (broad SMARTS) is 2. The summed E-state index contributed by atoms with van der Waals surface area (Å²) in [6, 6.07) is 29.7. The number of aliphatic carboxylic acids is 2. The summed E-state index contributed by atoms with van der Waals surface area (Å²) in [5.74, 6) is -9.31. The third kappa shape index (κ3) is 30.2. The van der Waals surface area contributed by atoms with E-state index in [-0.39, 0.29) is 169 Å². The maximum atomic E-state index is 13.0. The van der Waals surface area contributed by atoms with Gasteiger partial charge in [0.1, 0.15) is 35.8 Å². The van der Waals surface area contributed by atoms with Crippen molar-refractivity contribution in [3.05, 3.63) is 141 Å². The van der Waals surface area contributed by atoms with Gasteiger partial charge in [0.15, 0.2) is 0 Å². The first-order valence-electron chi connectivity index (χ1n) is 36.7. The zero-order valence-electron chi connectivity index (χ0n) is 63.3. The molecule has 2 aliphatic heterocycles. The molecule has 0 spiro atoms. The van der Waals surface area contributed by atoms with Crippen molar-refractivity contribution in [3.8, 4) is 22.3 Å². The normalized spacial score (nSPS) is 20.4. The van der Waals surface area contributed by atoms with E-state index in [1.54, 1.807) is 48.5 Å². The van der Waals surface area contributed by atoms with Crippen molar-refractivity contribution in [1.29, 1.82) is 0 Å². The molecule has 0 bridgehead atoms. The summed E-state index contributed by atoms with van der Waals surface area (Å²) in [6.45, 7) is 3.52. The molecule has 5 aromatic rings. The molecule has 0 saturated carbocycles. The van der Waals surface area contributed by atoms with Gasteiger partial charge >= 0.3 is 41.5 Å². The molecule has 2 fully saturated rings. The number of hydrogen-bond acceptors (Lipinski definition) is 28. The molecular formula is C76H102N8NaO26S2+. The number of benzene rings is 4. The van der Waals surface area contributed by atoms with Crippen LogP contribution in [-0.4, -0.2) is 289 Å². The van der Waals surface area contributed by atoms with Gasteiger partial charge in [-0.25, -0.2) is 9.59 Å². The van der Waals surface area contributed by atoms with Gasteiger partial charge in [-0.1, -0.05) is 84.9 Å². The van der Waals surface area contributed by atoms with E-state index in [0.29, 0.717) is 35.9 Å². The van der Waals surface area contributed by atoms with E-state index in [1.165, 1.54) is 23.5 Å². The van der Waals surface area contributed by atoms with Crippen LogP contribution >= 0.6 is 23.5 Å². The first-order chi connectivity index (χ1) is 53.8. The van der Waals surface area contributed by atoms with Gasteiger partial charge in [0.2, 0.25) is 23.6 Å². The van der Waals surface area contributed by atoms with Crippen molar-refractivity contribution in [1.82, 2.24) is 31.9 Å². The predicted octanol–water partition coefficient (Wildman–Crippen LogP) is -3.02. The Labute approximate surface area is 683 Å². The van der Waals surface area contributed by atoms with Gasteiger partial charge in [0.25, 0.3) is 34.2 Å². The molecule has 0 radical (unpaired) electrons. The fourth-order valence-corrected chi connectivity index (χ4v) is 13.7. The summed E-state index contributed by atoms with van der Waals surface area (Å²) in [7, 11) is 0. The van der Waals surface area contributed by atoms with Gasteiger partial charge in [0.05, 0.1) is 103 Å². The minimum Gasteiger partial charge on any atom is -0.477 e. The Morgan fingerprint density at radius 1 is 0.460 bits per heavy atom. The zero-order chi connectivity index (χ0) is 81.0. The van der Waals surface area contributed by atoms with Crippen LogP contribution < -0.4 is 82.9 Å². The van der Waals surface area contributed by atoms with E-state index in [1.807, 2.05) is 60.7 Å². The number of thioether (sulfide) groups is 2. The van der Waals surface area contributed by atoms with Crippen LogP contribution in [0.4, 0.5) is 11.4 Å². The van der Waals surface area contributed by atoms with Crippen LogP contribution in [0.2, 0.25) is 0 Å². The van der Waals surface area contributed by atoms with Crippen molar-refractivity contribution >= 4 is 82.3 Å². The number of carbonyl (C=O) groups excluding carboxylic acids is 6. The van der Waals surface area contributed by atoms with Gasteiger partial charge in [-0.15, -0.1) is 0 Å². The number of nitrogens with one attached hydrogen (secondary N) is 8. The fraction of sp³-hybridized carbons (Fsp3) is 0.526. The molecule has 37 heteroatoms. The van der Waals surface area contributed by atoms with Gasteiger partial charge in [-0.05, 0) is 70.9 Å². The van der Waals surface area contributed by atoms with Crippen molar-refractivity contribution in [2.45, 2.75) is 125 Å². The molecule has 0 aliphatic carbocycles. The third-order valence-electron chi connectivity index (χ3n) is 17.8. The Kier molecular flexibility index (Phi) is 41.2. The topological polar surface area (TPSA) is 503 Å². The summed E-state index contributed by atoms with van der Waals surface area (Å²) in [4.78, 5) is 125. The van der Waals surface area contributed by atoms with Crippen LogP contribution in [0.5, 0.6) is 0 Å². The molecule has 2 aliphatic rings. The van der Waals surface area contributed by atoms with Crippen LogP contribution in [-0.2, 0) is 66.7 Å². The summed E-state index contributed by atoms with van der Waals surface area (Å²) in [5.41, 5.74) is 3.12. The van der Waals surface area contributed by atoms with Crippen molar-refractivity contribution in [3.63, 3.8) is 0 Å². The van der Waals surface area contributed by atoms with Crippen LogP contribution in [0.1, 0.15) is 73.1 Å². The van der Waals surface area contributed by atoms with Gasteiger partial charge in [-0.3, -0.25) is 38.4 Å². The number of carboxylic acids is 2. The molecule has 614 valence electrons. The van der Waals surface area contributed by atoms with Crippen LogP contribution in [0, 0.1) is 0 Å². The van der Waals surface area contributed by atoms with E-state index in [9.17, 15) is 88.8 Å². The van der Waals surface area contributed by atoms with E-state index in [0.717, 1.165) is 36.1 Å². The quantitative estimate of drug-likeness (QED) is 0.0105. The Morgan fingerprint density at radius 2 is 0.796 bits per heavy atom. The van der Waals surface area contributed by atoms with Crippen LogP contribution in [0.25, 0.3) is 22.3 Å². The molecule has 7 rings (SSSR count). The monoisotopic (exact) mass is 1630 g/mol. The molecule has 2 heterocycles. The molecule has 113 heavy (non-hydrogen) atoms. The minimum absolute atomic E-state index is 0. The number of aliphatic hydroxyl groups is 6. The Morgan fingerprint density at radius 3 is 1.13 bits per heavy atom. The first-order valence-corrected chi connectivity index (χ1v) is 39.1. The molecule has 12 atom stereocenters.